The second-order valence-electron chi connectivity index (χ2n) is 6.05. The van der Waals surface area contributed by atoms with Crippen molar-refractivity contribution in [3.63, 3.8) is 0 Å². The minimum absolute atomic E-state index is 0.0914. The smallest absolute Gasteiger partial charge is 0.178 e. The van der Waals surface area contributed by atoms with Gasteiger partial charge < -0.3 is 20.3 Å². The minimum Gasteiger partial charge on any atom is -0.497 e. The Labute approximate surface area is 144 Å². The van der Waals surface area contributed by atoms with Gasteiger partial charge in [0.05, 0.1) is 18.9 Å². The van der Waals surface area contributed by atoms with Crippen LogP contribution in [-0.4, -0.2) is 24.2 Å². The highest BCUT2D eigenvalue weighted by Crippen LogP contribution is 2.47. The molecule has 0 bridgehead atoms. The molecule has 1 heterocycles. The normalized spacial score (nSPS) is 22.0. The molecule has 2 aromatic carbocycles. The first kappa shape index (κ1) is 15.3. The van der Waals surface area contributed by atoms with Crippen molar-refractivity contribution in [3.8, 4) is 11.5 Å². The lowest BCUT2D eigenvalue weighted by atomic mass is 9.85. The maximum atomic E-state index is 11.5. The number of halogens is 1. The van der Waals surface area contributed by atoms with Crippen LogP contribution in [0.25, 0.3) is 0 Å². The Morgan fingerprint density at radius 1 is 1.21 bits per heavy atom. The molecule has 0 radical (unpaired) electrons. The number of nitrogens with two attached hydrogens (primary N) is 1. The van der Waals surface area contributed by atoms with Gasteiger partial charge in [-0.25, -0.2) is 4.99 Å². The number of aliphatic imine (C=N–C) groups is 1. The Morgan fingerprint density at radius 3 is 2.71 bits per heavy atom. The van der Waals surface area contributed by atoms with E-state index in [-0.39, 0.29) is 11.9 Å². The lowest BCUT2D eigenvalue weighted by Gasteiger charge is -2.27. The molecule has 1 saturated carbocycles. The zero-order chi connectivity index (χ0) is 16.9. The molecule has 1 fully saturated rings. The molecule has 4 rings (SSSR count). The van der Waals surface area contributed by atoms with Gasteiger partial charge in [-0.05, 0) is 49.2 Å². The fourth-order valence-corrected chi connectivity index (χ4v) is 3.09. The summed E-state index contributed by atoms with van der Waals surface area (Å²) in [5.74, 6) is 1.27. The number of ether oxygens (including phenoxy) is 2. The number of methoxy groups -OCH3 is 1. The Kier molecular flexibility index (Phi) is 3.44. The minimum atomic E-state index is -1.60. The molecule has 2 aromatic rings. The average Bonchev–Trinajstić information content (AvgIpc) is 3.35. The first-order valence-electron chi connectivity index (χ1n) is 7.74. The molecule has 0 spiro atoms. The summed E-state index contributed by atoms with van der Waals surface area (Å²) in [6, 6.07) is 10.5. The molecule has 0 amide bonds. The van der Waals surface area contributed by atoms with Gasteiger partial charge in [0.25, 0.3) is 0 Å². The van der Waals surface area contributed by atoms with E-state index < -0.39 is 5.60 Å². The summed E-state index contributed by atoms with van der Waals surface area (Å²) in [6.45, 7) is 0. The predicted octanol–water partition coefficient (Wildman–Crippen LogP) is 3.13. The quantitative estimate of drug-likeness (QED) is 0.893. The largest absolute Gasteiger partial charge is 0.497 e. The van der Waals surface area contributed by atoms with Crippen molar-refractivity contribution in [2.24, 2.45) is 10.7 Å². The van der Waals surface area contributed by atoms with Crippen LogP contribution in [0.15, 0.2) is 41.4 Å². The van der Waals surface area contributed by atoms with Gasteiger partial charge in [-0.1, -0.05) is 11.6 Å². The number of nitrogens with zero attached hydrogens (tertiary/aromatic N) is 1. The number of amidine groups is 1. The third-order valence-corrected chi connectivity index (χ3v) is 4.59. The standard InChI is InChI=1S/C18H17ClN2O3/c1-23-12-5-7-16(24-11-3-4-11)14(9-12)18(22)13-8-10(19)2-6-15(13)21-17(18)20/h2,5-9,11,22H,3-4H2,1H3,(H2,20,21). The fraction of sp³-hybridized carbons (Fsp3) is 0.278. The Bertz CT molecular complexity index is 848. The monoisotopic (exact) mass is 344 g/mol. The molecule has 124 valence electrons. The van der Waals surface area contributed by atoms with Crippen molar-refractivity contribution >= 4 is 23.1 Å². The van der Waals surface area contributed by atoms with Gasteiger partial charge in [0.1, 0.15) is 17.3 Å². The van der Waals surface area contributed by atoms with Crippen LogP contribution >= 0.6 is 11.6 Å². The summed E-state index contributed by atoms with van der Waals surface area (Å²) in [5, 5.41) is 12.0. The maximum Gasteiger partial charge on any atom is 0.178 e. The van der Waals surface area contributed by atoms with E-state index in [2.05, 4.69) is 4.99 Å². The van der Waals surface area contributed by atoms with Crippen molar-refractivity contribution in [2.75, 3.05) is 7.11 Å². The number of rotatable bonds is 4. The van der Waals surface area contributed by atoms with Crippen LogP contribution in [0.4, 0.5) is 5.69 Å². The second-order valence-corrected chi connectivity index (χ2v) is 6.48. The lowest BCUT2D eigenvalue weighted by Crippen LogP contribution is -2.40. The summed E-state index contributed by atoms with van der Waals surface area (Å²) in [6.07, 6.45) is 2.20. The number of benzene rings is 2. The van der Waals surface area contributed by atoms with E-state index in [9.17, 15) is 5.11 Å². The van der Waals surface area contributed by atoms with Crippen molar-refractivity contribution < 1.29 is 14.6 Å². The van der Waals surface area contributed by atoms with Crippen LogP contribution in [0, 0.1) is 0 Å². The van der Waals surface area contributed by atoms with Crippen LogP contribution in [0.1, 0.15) is 24.0 Å². The van der Waals surface area contributed by atoms with Gasteiger partial charge in [0, 0.05) is 16.1 Å². The van der Waals surface area contributed by atoms with Crippen molar-refractivity contribution in [1.82, 2.24) is 0 Å². The summed E-state index contributed by atoms with van der Waals surface area (Å²) in [5.41, 5.74) is 6.16. The number of aliphatic hydroxyl groups is 1. The number of fused-ring (bicyclic) bond motifs is 1. The van der Waals surface area contributed by atoms with Gasteiger partial charge in [0.15, 0.2) is 5.60 Å². The molecule has 2 aliphatic rings. The summed E-state index contributed by atoms with van der Waals surface area (Å²) in [7, 11) is 1.57. The lowest BCUT2D eigenvalue weighted by molar-refractivity contribution is 0.151. The van der Waals surface area contributed by atoms with E-state index >= 15 is 0 Å². The summed E-state index contributed by atoms with van der Waals surface area (Å²) < 4.78 is 11.3. The van der Waals surface area contributed by atoms with Crippen LogP contribution in [0.3, 0.4) is 0 Å². The molecule has 1 aliphatic heterocycles. The van der Waals surface area contributed by atoms with Gasteiger partial charge >= 0.3 is 0 Å². The first-order valence-corrected chi connectivity index (χ1v) is 8.12. The highest BCUT2D eigenvalue weighted by Gasteiger charge is 2.45. The Morgan fingerprint density at radius 2 is 2.00 bits per heavy atom. The molecule has 1 unspecified atom stereocenters. The molecule has 24 heavy (non-hydrogen) atoms. The van der Waals surface area contributed by atoms with Gasteiger partial charge in [0.2, 0.25) is 0 Å². The molecular formula is C18H17ClN2O3. The first-order chi connectivity index (χ1) is 11.5. The third-order valence-electron chi connectivity index (χ3n) is 4.35. The number of hydrogen-bond donors (Lipinski definition) is 2. The highest BCUT2D eigenvalue weighted by atomic mass is 35.5. The molecule has 6 heteroatoms. The zero-order valence-electron chi connectivity index (χ0n) is 13.1. The van der Waals surface area contributed by atoms with E-state index in [4.69, 9.17) is 26.8 Å². The van der Waals surface area contributed by atoms with Crippen LogP contribution in [-0.2, 0) is 5.60 Å². The van der Waals surface area contributed by atoms with Crippen molar-refractivity contribution in [1.29, 1.82) is 0 Å². The number of hydrogen-bond acceptors (Lipinski definition) is 5. The highest BCUT2D eigenvalue weighted by molar-refractivity contribution is 6.30. The third kappa shape index (κ3) is 2.32. The van der Waals surface area contributed by atoms with E-state index in [1.54, 1.807) is 43.5 Å². The zero-order valence-corrected chi connectivity index (χ0v) is 13.9. The van der Waals surface area contributed by atoms with Gasteiger partial charge in [-0.2, -0.15) is 0 Å². The molecule has 0 saturated heterocycles. The van der Waals surface area contributed by atoms with E-state index in [0.717, 1.165) is 12.8 Å². The molecule has 1 aliphatic carbocycles. The predicted molar refractivity (Wildman–Crippen MR) is 92.4 cm³/mol. The summed E-state index contributed by atoms with van der Waals surface area (Å²) in [4.78, 5) is 4.30. The Hall–Kier alpha value is -2.24. The summed E-state index contributed by atoms with van der Waals surface area (Å²) >= 11 is 6.12. The molecule has 3 N–H and O–H groups in total. The van der Waals surface area contributed by atoms with Crippen LogP contribution in [0.2, 0.25) is 5.02 Å². The molecule has 5 nitrogen and oxygen atoms in total. The van der Waals surface area contributed by atoms with E-state index in [1.165, 1.54) is 0 Å². The van der Waals surface area contributed by atoms with Crippen LogP contribution in [0.5, 0.6) is 11.5 Å². The fourth-order valence-electron chi connectivity index (χ4n) is 2.91. The van der Waals surface area contributed by atoms with Gasteiger partial charge in [-0.15, -0.1) is 0 Å². The molecule has 1 atom stereocenters. The van der Waals surface area contributed by atoms with Crippen LogP contribution < -0.4 is 15.2 Å². The van der Waals surface area contributed by atoms with E-state index in [0.29, 0.717) is 33.3 Å². The van der Waals surface area contributed by atoms with E-state index in [1.807, 2.05) is 0 Å². The molecular weight excluding hydrogens is 328 g/mol. The Balaban J connectivity index is 1.91. The van der Waals surface area contributed by atoms with Gasteiger partial charge in [-0.3, -0.25) is 0 Å². The SMILES string of the molecule is COc1ccc(OC2CC2)c(C2(O)C(N)=Nc3ccc(Cl)cc32)c1. The maximum absolute atomic E-state index is 11.5. The van der Waals surface area contributed by atoms with Crippen molar-refractivity contribution in [2.45, 2.75) is 24.5 Å². The second kappa shape index (κ2) is 5.40. The molecule has 0 aromatic heterocycles. The average molecular weight is 345 g/mol. The van der Waals surface area contributed by atoms with Crippen molar-refractivity contribution in [3.05, 3.63) is 52.5 Å². The topological polar surface area (TPSA) is 77.1 Å².